The van der Waals surface area contributed by atoms with Gasteiger partial charge in [-0.1, -0.05) is 31.2 Å². The molecule has 0 atom stereocenters. The molecule has 0 unspecified atom stereocenters. The molecule has 0 saturated carbocycles. The zero-order valence-electron chi connectivity index (χ0n) is 13.4. The van der Waals surface area contributed by atoms with Crippen molar-refractivity contribution in [2.24, 2.45) is 0 Å². The second-order valence-electron chi connectivity index (χ2n) is 6.33. The van der Waals surface area contributed by atoms with Crippen LogP contribution in [0.15, 0.2) is 18.3 Å². The molecule has 22 heavy (non-hydrogen) atoms. The Labute approximate surface area is 136 Å². The fourth-order valence-corrected chi connectivity index (χ4v) is 3.09. The van der Waals surface area contributed by atoms with Crippen LogP contribution < -0.4 is 0 Å². The molecular formula is C15H21ClN2O3Si. The summed E-state index contributed by atoms with van der Waals surface area (Å²) in [6, 6.07) is 4.43. The van der Waals surface area contributed by atoms with Crippen molar-refractivity contribution in [3.8, 4) is 0 Å². The molecule has 0 fully saturated rings. The number of methoxy groups -OCH3 is 1. The molecular weight excluding hydrogens is 320 g/mol. The molecule has 2 rings (SSSR count). The lowest BCUT2D eigenvalue weighted by Crippen LogP contribution is -2.22. The molecule has 7 heteroatoms. The fourth-order valence-electron chi connectivity index (χ4n) is 2.09. The highest BCUT2D eigenvalue weighted by atomic mass is 35.5. The standard InChI is InChI=1S/C15H21ClN2O3Si/c1-20-15(19)11-5-6-17-12-9-13(16)18(14(11)12)10-21-7-8-22(2,3)4/h5-6,9H,7-8,10H2,1-4H3. The predicted molar refractivity (Wildman–Crippen MR) is 90.2 cm³/mol. The topological polar surface area (TPSA) is 53.3 Å². The van der Waals surface area contributed by atoms with Crippen LogP contribution in [0.2, 0.25) is 30.8 Å². The number of halogens is 1. The third kappa shape index (κ3) is 3.88. The zero-order chi connectivity index (χ0) is 16.3. The van der Waals surface area contributed by atoms with Gasteiger partial charge in [-0.05, 0) is 12.1 Å². The van der Waals surface area contributed by atoms with E-state index in [1.807, 2.05) is 0 Å². The monoisotopic (exact) mass is 340 g/mol. The molecule has 0 aromatic carbocycles. The molecule has 5 nitrogen and oxygen atoms in total. The summed E-state index contributed by atoms with van der Waals surface area (Å²) in [6.45, 7) is 7.87. The van der Waals surface area contributed by atoms with E-state index >= 15 is 0 Å². The van der Waals surface area contributed by atoms with Gasteiger partial charge in [-0.15, -0.1) is 0 Å². The molecule has 0 bridgehead atoms. The first-order valence-electron chi connectivity index (χ1n) is 7.13. The van der Waals surface area contributed by atoms with Gasteiger partial charge in [0, 0.05) is 26.9 Å². The number of carbonyl (C=O) groups is 1. The quantitative estimate of drug-likeness (QED) is 0.456. The fraction of sp³-hybridized carbons (Fsp3) is 0.467. The summed E-state index contributed by atoms with van der Waals surface area (Å²) in [4.78, 5) is 16.2. The summed E-state index contributed by atoms with van der Waals surface area (Å²) in [5, 5.41) is 0.492. The maximum absolute atomic E-state index is 11.9. The summed E-state index contributed by atoms with van der Waals surface area (Å²) < 4.78 is 12.3. The lowest BCUT2D eigenvalue weighted by molar-refractivity contribution is 0.0600. The Morgan fingerprint density at radius 2 is 2.14 bits per heavy atom. The molecule has 2 aromatic rings. The maximum Gasteiger partial charge on any atom is 0.340 e. The van der Waals surface area contributed by atoms with Crippen molar-refractivity contribution in [2.75, 3.05) is 13.7 Å². The molecule has 2 aromatic heterocycles. The SMILES string of the molecule is COC(=O)c1ccnc2cc(Cl)n(COCC[Si](C)(C)C)c12. The van der Waals surface area contributed by atoms with E-state index in [2.05, 4.69) is 24.6 Å². The van der Waals surface area contributed by atoms with Crippen LogP contribution in [0.1, 0.15) is 10.4 Å². The van der Waals surface area contributed by atoms with Crippen molar-refractivity contribution in [1.82, 2.24) is 9.55 Å². The molecule has 0 radical (unpaired) electrons. The minimum absolute atomic E-state index is 0.294. The van der Waals surface area contributed by atoms with Gasteiger partial charge in [0.1, 0.15) is 11.9 Å². The van der Waals surface area contributed by atoms with Gasteiger partial charge in [-0.2, -0.15) is 0 Å². The Morgan fingerprint density at radius 3 is 2.77 bits per heavy atom. The number of esters is 1. The Kier molecular flexibility index (Phi) is 5.26. The molecule has 0 spiro atoms. The molecule has 0 aliphatic heterocycles. The van der Waals surface area contributed by atoms with Crippen LogP contribution in [0, 0.1) is 0 Å². The van der Waals surface area contributed by atoms with Crippen LogP contribution >= 0.6 is 11.6 Å². The number of carbonyl (C=O) groups excluding carboxylic acids is 1. The van der Waals surface area contributed by atoms with Gasteiger partial charge in [0.25, 0.3) is 0 Å². The minimum Gasteiger partial charge on any atom is -0.465 e. The van der Waals surface area contributed by atoms with Gasteiger partial charge in [0.15, 0.2) is 0 Å². The smallest absolute Gasteiger partial charge is 0.340 e. The molecule has 0 amide bonds. The minimum atomic E-state index is -1.13. The second-order valence-corrected chi connectivity index (χ2v) is 12.3. The van der Waals surface area contributed by atoms with E-state index in [0.29, 0.717) is 35.1 Å². The van der Waals surface area contributed by atoms with Crippen molar-refractivity contribution in [2.45, 2.75) is 32.4 Å². The molecule has 120 valence electrons. The third-order valence-corrected chi connectivity index (χ3v) is 5.38. The normalized spacial score (nSPS) is 11.9. The summed E-state index contributed by atoms with van der Waals surface area (Å²) in [5.41, 5.74) is 1.74. The van der Waals surface area contributed by atoms with Crippen molar-refractivity contribution < 1.29 is 14.3 Å². The van der Waals surface area contributed by atoms with Crippen molar-refractivity contribution in [1.29, 1.82) is 0 Å². The second kappa shape index (κ2) is 6.81. The molecule has 0 saturated heterocycles. The largest absolute Gasteiger partial charge is 0.465 e. The Hall–Kier alpha value is -1.37. The number of fused-ring (bicyclic) bond motifs is 1. The van der Waals surface area contributed by atoms with E-state index in [-0.39, 0.29) is 0 Å². The summed E-state index contributed by atoms with van der Waals surface area (Å²) in [5.74, 6) is -0.412. The number of rotatable bonds is 6. The number of ether oxygens (including phenoxy) is 2. The van der Waals surface area contributed by atoms with Gasteiger partial charge in [-0.3, -0.25) is 4.98 Å². The number of aromatic nitrogens is 2. The molecule has 0 N–H and O–H groups in total. The van der Waals surface area contributed by atoms with E-state index in [1.165, 1.54) is 7.11 Å². The van der Waals surface area contributed by atoms with E-state index in [0.717, 1.165) is 6.04 Å². The van der Waals surface area contributed by atoms with Gasteiger partial charge < -0.3 is 14.0 Å². The first-order chi connectivity index (χ1) is 10.3. The highest BCUT2D eigenvalue weighted by Crippen LogP contribution is 2.25. The third-order valence-electron chi connectivity index (χ3n) is 3.36. The van der Waals surface area contributed by atoms with Crippen LogP contribution in [0.25, 0.3) is 11.0 Å². The number of hydrogen-bond acceptors (Lipinski definition) is 4. The van der Waals surface area contributed by atoms with Crippen molar-refractivity contribution >= 4 is 36.7 Å². The highest BCUT2D eigenvalue weighted by Gasteiger charge is 2.18. The van der Waals surface area contributed by atoms with Crippen LogP contribution in [0.4, 0.5) is 0 Å². The van der Waals surface area contributed by atoms with E-state index in [9.17, 15) is 4.79 Å². The Balaban J connectivity index is 2.25. The number of hydrogen-bond donors (Lipinski definition) is 0. The molecule has 0 aliphatic rings. The van der Waals surface area contributed by atoms with Gasteiger partial charge in [-0.25, -0.2) is 4.79 Å². The van der Waals surface area contributed by atoms with E-state index < -0.39 is 14.0 Å². The Morgan fingerprint density at radius 1 is 1.41 bits per heavy atom. The van der Waals surface area contributed by atoms with Gasteiger partial charge in [0.2, 0.25) is 0 Å². The summed E-state index contributed by atoms with van der Waals surface area (Å²) >= 11 is 6.26. The van der Waals surface area contributed by atoms with E-state index in [1.54, 1.807) is 22.9 Å². The van der Waals surface area contributed by atoms with Crippen LogP contribution in [0.3, 0.4) is 0 Å². The van der Waals surface area contributed by atoms with Crippen LogP contribution in [-0.4, -0.2) is 37.3 Å². The average molecular weight is 341 g/mol. The van der Waals surface area contributed by atoms with Gasteiger partial charge >= 0.3 is 5.97 Å². The van der Waals surface area contributed by atoms with Crippen molar-refractivity contribution in [3.05, 3.63) is 29.0 Å². The first-order valence-corrected chi connectivity index (χ1v) is 11.2. The zero-order valence-corrected chi connectivity index (χ0v) is 15.1. The molecule has 0 aliphatic carbocycles. The molecule has 2 heterocycles. The lowest BCUT2D eigenvalue weighted by atomic mass is 10.2. The first kappa shape index (κ1) is 17.0. The number of nitrogens with zero attached hydrogens (tertiary/aromatic N) is 2. The predicted octanol–water partition coefficient (Wildman–Crippen LogP) is 3.79. The summed E-state index contributed by atoms with van der Waals surface area (Å²) in [7, 11) is 0.220. The van der Waals surface area contributed by atoms with Crippen LogP contribution in [0.5, 0.6) is 0 Å². The van der Waals surface area contributed by atoms with Crippen molar-refractivity contribution in [3.63, 3.8) is 0 Å². The van der Waals surface area contributed by atoms with E-state index in [4.69, 9.17) is 21.1 Å². The van der Waals surface area contributed by atoms with Gasteiger partial charge in [0.05, 0.1) is 23.7 Å². The average Bonchev–Trinajstić information content (AvgIpc) is 2.77. The van der Waals surface area contributed by atoms with Crippen LogP contribution in [-0.2, 0) is 16.2 Å². The maximum atomic E-state index is 11.9. The summed E-state index contributed by atoms with van der Waals surface area (Å²) in [6.07, 6.45) is 1.57. The highest BCUT2D eigenvalue weighted by molar-refractivity contribution is 6.76. The number of pyridine rings is 1. The lowest BCUT2D eigenvalue weighted by Gasteiger charge is -2.16. The Bertz CT molecular complexity index is 679.